The van der Waals surface area contributed by atoms with E-state index in [1.165, 1.54) is 5.56 Å². The first-order valence-electron chi connectivity index (χ1n) is 9.48. The van der Waals surface area contributed by atoms with E-state index in [2.05, 4.69) is 34.2 Å². The fourth-order valence-electron chi connectivity index (χ4n) is 3.77. The van der Waals surface area contributed by atoms with Gasteiger partial charge in [-0.3, -0.25) is 4.79 Å². The second kappa shape index (κ2) is 6.74. The Hall–Kier alpha value is -3.12. The maximum atomic E-state index is 13.2. The smallest absolute Gasteiger partial charge is 0.259 e. The van der Waals surface area contributed by atoms with E-state index in [4.69, 9.17) is 16.1 Å². The Kier molecular flexibility index (Phi) is 4.17. The Morgan fingerprint density at radius 2 is 2.00 bits per heavy atom. The van der Waals surface area contributed by atoms with Crippen molar-refractivity contribution in [2.45, 2.75) is 19.8 Å². The molecule has 146 valence electrons. The number of halogens is 1. The molecule has 0 unspecified atom stereocenters. The summed E-state index contributed by atoms with van der Waals surface area (Å²) in [5.41, 5.74) is 4.82. The van der Waals surface area contributed by atoms with Gasteiger partial charge in [-0.1, -0.05) is 41.0 Å². The molecule has 1 aliphatic rings. The van der Waals surface area contributed by atoms with Crippen LogP contribution >= 0.6 is 11.6 Å². The van der Waals surface area contributed by atoms with E-state index in [-0.39, 0.29) is 11.8 Å². The number of likely N-dealkylation sites (tertiary alicyclic amines) is 1. The number of hydrogen-bond acceptors (Lipinski definition) is 4. The van der Waals surface area contributed by atoms with E-state index in [1.807, 2.05) is 24.3 Å². The van der Waals surface area contributed by atoms with E-state index in [0.29, 0.717) is 40.7 Å². The fourth-order valence-corrected chi connectivity index (χ4v) is 4.00. The van der Waals surface area contributed by atoms with Crippen molar-refractivity contribution >= 4 is 28.5 Å². The van der Waals surface area contributed by atoms with E-state index in [1.54, 1.807) is 17.9 Å². The fraction of sp³-hybridized carbons (Fsp3) is 0.227. The van der Waals surface area contributed by atoms with Crippen molar-refractivity contribution < 1.29 is 9.32 Å². The average Bonchev–Trinajstić information content (AvgIpc) is 3.23. The molecule has 0 radical (unpaired) electrons. The van der Waals surface area contributed by atoms with Crippen LogP contribution in [-0.2, 0) is 0 Å². The van der Waals surface area contributed by atoms with Gasteiger partial charge in [-0.25, -0.2) is 4.98 Å². The van der Waals surface area contributed by atoms with Crippen LogP contribution in [0.1, 0.15) is 33.4 Å². The van der Waals surface area contributed by atoms with Crippen LogP contribution in [0.2, 0.25) is 5.02 Å². The lowest BCUT2D eigenvalue weighted by Gasteiger charge is -2.38. The van der Waals surface area contributed by atoms with Crippen LogP contribution in [0.3, 0.4) is 0 Å². The summed E-state index contributed by atoms with van der Waals surface area (Å²) in [6.45, 7) is 5.01. The van der Waals surface area contributed by atoms with Gasteiger partial charge in [0.25, 0.3) is 5.91 Å². The highest BCUT2D eigenvalue weighted by atomic mass is 35.5. The maximum absolute atomic E-state index is 13.2. The zero-order valence-electron chi connectivity index (χ0n) is 16.1. The molecule has 1 saturated heterocycles. The van der Waals surface area contributed by atoms with Gasteiger partial charge in [0, 0.05) is 18.7 Å². The molecule has 3 heterocycles. The third-order valence-electron chi connectivity index (χ3n) is 5.42. The minimum atomic E-state index is -0.0955. The first-order chi connectivity index (χ1) is 14.0. The molecule has 1 aliphatic heterocycles. The van der Waals surface area contributed by atoms with Gasteiger partial charge in [-0.2, -0.15) is 0 Å². The molecule has 0 atom stereocenters. The molecule has 1 fully saturated rings. The molecule has 2 aromatic carbocycles. The number of aryl methyl sites for hydroxylation is 2. The van der Waals surface area contributed by atoms with E-state index < -0.39 is 0 Å². The van der Waals surface area contributed by atoms with Gasteiger partial charge in [0.15, 0.2) is 0 Å². The molecule has 2 aromatic heterocycles. The molecule has 7 heteroatoms. The standard InChI is InChI=1S/C22H19ClN4O2/c1-12-7-8-17-18(9-12)25-21(24-17)14-10-27(11-14)22(28)19-13(2)29-26-20(19)15-5-3-4-6-16(15)23/h3-9,14H,10-11H2,1-2H3,(H,24,25). The highest BCUT2D eigenvalue weighted by Gasteiger charge is 2.37. The molecular weight excluding hydrogens is 388 g/mol. The lowest BCUT2D eigenvalue weighted by molar-refractivity contribution is 0.0594. The summed E-state index contributed by atoms with van der Waals surface area (Å²) >= 11 is 6.31. The normalized spacial score (nSPS) is 14.4. The van der Waals surface area contributed by atoms with Crippen molar-refractivity contribution in [3.8, 4) is 11.3 Å². The van der Waals surface area contributed by atoms with E-state index >= 15 is 0 Å². The minimum absolute atomic E-state index is 0.0955. The minimum Gasteiger partial charge on any atom is -0.360 e. The number of nitrogens with one attached hydrogen (secondary N) is 1. The first kappa shape index (κ1) is 17.9. The van der Waals surface area contributed by atoms with Gasteiger partial charge >= 0.3 is 0 Å². The Morgan fingerprint density at radius 3 is 2.79 bits per heavy atom. The van der Waals surface area contributed by atoms with Crippen molar-refractivity contribution in [3.05, 3.63) is 70.2 Å². The molecule has 1 N–H and O–H groups in total. The lowest BCUT2D eigenvalue weighted by Crippen LogP contribution is -2.49. The van der Waals surface area contributed by atoms with E-state index in [0.717, 1.165) is 16.9 Å². The number of imidazole rings is 1. The number of rotatable bonds is 3. The van der Waals surface area contributed by atoms with Crippen molar-refractivity contribution in [3.63, 3.8) is 0 Å². The number of carbonyl (C=O) groups is 1. The van der Waals surface area contributed by atoms with Crippen LogP contribution in [0.25, 0.3) is 22.3 Å². The van der Waals surface area contributed by atoms with Crippen LogP contribution in [-0.4, -0.2) is 39.0 Å². The number of amides is 1. The van der Waals surface area contributed by atoms with Gasteiger partial charge in [-0.15, -0.1) is 0 Å². The predicted octanol–water partition coefficient (Wildman–Crippen LogP) is 4.73. The third kappa shape index (κ3) is 3.00. The zero-order valence-corrected chi connectivity index (χ0v) is 16.8. The number of fused-ring (bicyclic) bond motifs is 1. The largest absolute Gasteiger partial charge is 0.360 e. The topological polar surface area (TPSA) is 75.0 Å². The molecule has 29 heavy (non-hydrogen) atoms. The molecule has 6 nitrogen and oxygen atoms in total. The molecular formula is C22H19ClN4O2. The third-order valence-corrected chi connectivity index (χ3v) is 5.75. The lowest BCUT2D eigenvalue weighted by atomic mass is 9.96. The highest BCUT2D eigenvalue weighted by molar-refractivity contribution is 6.33. The van der Waals surface area contributed by atoms with Crippen LogP contribution in [0, 0.1) is 13.8 Å². The number of aromatic amines is 1. The van der Waals surface area contributed by atoms with Crippen molar-refractivity contribution in [1.29, 1.82) is 0 Å². The van der Waals surface area contributed by atoms with Gasteiger partial charge in [0.1, 0.15) is 22.8 Å². The van der Waals surface area contributed by atoms with Crippen molar-refractivity contribution in [2.24, 2.45) is 0 Å². The quantitative estimate of drug-likeness (QED) is 0.533. The molecule has 4 aromatic rings. The number of hydrogen-bond donors (Lipinski definition) is 1. The second-order valence-electron chi connectivity index (χ2n) is 7.49. The van der Waals surface area contributed by atoms with Gasteiger partial charge < -0.3 is 14.4 Å². The second-order valence-corrected chi connectivity index (χ2v) is 7.90. The molecule has 0 saturated carbocycles. The Morgan fingerprint density at radius 1 is 1.21 bits per heavy atom. The van der Waals surface area contributed by atoms with Crippen LogP contribution in [0.5, 0.6) is 0 Å². The summed E-state index contributed by atoms with van der Waals surface area (Å²) in [6, 6.07) is 13.5. The van der Waals surface area contributed by atoms with Crippen molar-refractivity contribution in [2.75, 3.05) is 13.1 Å². The Bertz CT molecular complexity index is 1240. The van der Waals surface area contributed by atoms with Gasteiger partial charge in [-0.05, 0) is 37.6 Å². The average molecular weight is 407 g/mol. The SMILES string of the molecule is Cc1ccc2nc(C3CN(C(=O)c4c(-c5ccccc5Cl)noc4C)C3)[nH]c2c1. The predicted molar refractivity (Wildman–Crippen MR) is 111 cm³/mol. The highest BCUT2D eigenvalue weighted by Crippen LogP contribution is 2.34. The van der Waals surface area contributed by atoms with Gasteiger partial charge in [0.05, 0.1) is 22.0 Å². The first-order valence-corrected chi connectivity index (χ1v) is 9.86. The summed E-state index contributed by atoms with van der Waals surface area (Å²) in [4.78, 5) is 23.0. The number of carbonyl (C=O) groups excluding carboxylic acids is 1. The number of aromatic nitrogens is 3. The summed E-state index contributed by atoms with van der Waals surface area (Å²) in [5.74, 6) is 1.51. The molecule has 1 amide bonds. The van der Waals surface area contributed by atoms with Crippen LogP contribution < -0.4 is 0 Å². The van der Waals surface area contributed by atoms with E-state index in [9.17, 15) is 4.79 Å². The van der Waals surface area contributed by atoms with Crippen LogP contribution in [0.15, 0.2) is 47.0 Å². The number of nitrogens with zero attached hydrogens (tertiary/aromatic N) is 3. The van der Waals surface area contributed by atoms with Crippen LogP contribution in [0.4, 0.5) is 0 Å². The molecule has 0 bridgehead atoms. The van der Waals surface area contributed by atoms with Crippen molar-refractivity contribution in [1.82, 2.24) is 20.0 Å². The number of H-pyrrole nitrogens is 1. The summed E-state index contributed by atoms with van der Waals surface area (Å²) in [7, 11) is 0. The van der Waals surface area contributed by atoms with Gasteiger partial charge in [0.2, 0.25) is 0 Å². The zero-order chi connectivity index (χ0) is 20.1. The Balaban J connectivity index is 1.38. The Labute approximate surface area is 172 Å². The summed E-state index contributed by atoms with van der Waals surface area (Å²) < 4.78 is 5.33. The molecule has 0 spiro atoms. The summed E-state index contributed by atoms with van der Waals surface area (Å²) in [6.07, 6.45) is 0. The maximum Gasteiger partial charge on any atom is 0.259 e. The number of benzene rings is 2. The molecule has 5 rings (SSSR count). The monoisotopic (exact) mass is 406 g/mol. The summed E-state index contributed by atoms with van der Waals surface area (Å²) in [5, 5.41) is 4.63. The molecule has 0 aliphatic carbocycles.